The van der Waals surface area contributed by atoms with Crippen LogP contribution >= 0.6 is 0 Å². The van der Waals surface area contributed by atoms with Gasteiger partial charge in [0.05, 0.1) is 0 Å². The molecule has 0 atom stereocenters. The SMILES string of the molecule is CC(C)(C)Cc1ccc(OC2CCNCC2)cc1. The van der Waals surface area contributed by atoms with Crippen LogP contribution < -0.4 is 10.1 Å². The van der Waals surface area contributed by atoms with E-state index in [4.69, 9.17) is 4.74 Å². The molecule has 1 aliphatic heterocycles. The minimum absolute atomic E-state index is 0.345. The summed E-state index contributed by atoms with van der Waals surface area (Å²) < 4.78 is 6.00. The van der Waals surface area contributed by atoms with E-state index in [1.165, 1.54) is 5.56 Å². The second-order valence-corrected chi connectivity index (χ2v) is 6.45. The molecule has 0 unspecified atom stereocenters. The quantitative estimate of drug-likeness (QED) is 0.884. The number of benzene rings is 1. The molecule has 0 bridgehead atoms. The summed E-state index contributed by atoms with van der Waals surface area (Å²) in [5.41, 5.74) is 1.73. The first-order valence-electron chi connectivity index (χ1n) is 6.99. The molecule has 0 aliphatic carbocycles. The Morgan fingerprint density at radius 1 is 1.11 bits per heavy atom. The Balaban J connectivity index is 1.90. The van der Waals surface area contributed by atoms with Gasteiger partial charge in [0, 0.05) is 0 Å². The summed E-state index contributed by atoms with van der Waals surface area (Å²) in [6.45, 7) is 8.96. The fraction of sp³-hybridized carbons (Fsp3) is 0.625. The van der Waals surface area contributed by atoms with E-state index in [-0.39, 0.29) is 0 Å². The van der Waals surface area contributed by atoms with Gasteiger partial charge in [-0.15, -0.1) is 0 Å². The largest absolute Gasteiger partial charge is 0.490 e. The van der Waals surface area contributed by atoms with Crippen molar-refractivity contribution in [3.63, 3.8) is 0 Å². The maximum absolute atomic E-state index is 6.00. The van der Waals surface area contributed by atoms with Gasteiger partial charge in [-0.3, -0.25) is 0 Å². The van der Waals surface area contributed by atoms with E-state index in [0.717, 1.165) is 38.1 Å². The number of hydrogen-bond acceptors (Lipinski definition) is 2. The molecule has 2 rings (SSSR count). The summed E-state index contributed by atoms with van der Waals surface area (Å²) in [5, 5.41) is 3.36. The van der Waals surface area contributed by atoms with Gasteiger partial charge < -0.3 is 10.1 Å². The normalized spacial score (nSPS) is 17.7. The fourth-order valence-electron chi connectivity index (χ4n) is 2.40. The highest BCUT2D eigenvalue weighted by Crippen LogP contribution is 2.23. The molecule has 100 valence electrons. The Labute approximate surface area is 111 Å². The highest BCUT2D eigenvalue weighted by Gasteiger charge is 2.15. The predicted octanol–water partition coefficient (Wildman–Crippen LogP) is 3.41. The first kappa shape index (κ1) is 13.4. The monoisotopic (exact) mass is 247 g/mol. The third-order valence-corrected chi connectivity index (χ3v) is 3.25. The van der Waals surface area contributed by atoms with Crippen LogP contribution in [0.5, 0.6) is 5.75 Å². The molecule has 2 heteroatoms. The molecular formula is C16H25NO. The van der Waals surface area contributed by atoms with Crippen LogP contribution in [-0.2, 0) is 6.42 Å². The van der Waals surface area contributed by atoms with Crippen LogP contribution in [-0.4, -0.2) is 19.2 Å². The maximum Gasteiger partial charge on any atom is 0.119 e. The standard InChI is InChI=1S/C16H25NO/c1-16(2,3)12-13-4-6-14(7-5-13)18-15-8-10-17-11-9-15/h4-7,15,17H,8-12H2,1-3H3. The highest BCUT2D eigenvalue weighted by atomic mass is 16.5. The molecule has 1 saturated heterocycles. The lowest BCUT2D eigenvalue weighted by Crippen LogP contribution is -2.34. The van der Waals surface area contributed by atoms with E-state index in [2.05, 4.69) is 50.4 Å². The van der Waals surface area contributed by atoms with Crippen molar-refractivity contribution in [3.05, 3.63) is 29.8 Å². The Morgan fingerprint density at radius 3 is 2.28 bits per heavy atom. The molecule has 1 aliphatic rings. The topological polar surface area (TPSA) is 21.3 Å². The summed E-state index contributed by atoms with van der Waals surface area (Å²) in [5.74, 6) is 1.01. The van der Waals surface area contributed by atoms with Gasteiger partial charge in [0.2, 0.25) is 0 Å². The van der Waals surface area contributed by atoms with E-state index in [9.17, 15) is 0 Å². The zero-order valence-electron chi connectivity index (χ0n) is 11.8. The van der Waals surface area contributed by atoms with Crippen molar-refractivity contribution in [2.75, 3.05) is 13.1 Å². The Kier molecular flexibility index (Phi) is 4.28. The number of nitrogens with one attached hydrogen (secondary N) is 1. The lowest BCUT2D eigenvalue weighted by molar-refractivity contribution is 0.162. The molecule has 0 amide bonds. The Morgan fingerprint density at radius 2 is 1.72 bits per heavy atom. The van der Waals surface area contributed by atoms with E-state index < -0.39 is 0 Å². The molecule has 0 aromatic heterocycles. The van der Waals surface area contributed by atoms with E-state index >= 15 is 0 Å². The third-order valence-electron chi connectivity index (χ3n) is 3.25. The minimum Gasteiger partial charge on any atom is -0.490 e. The molecule has 2 nitrogen and oxygen atoms in total. The third kappa shape index (κ3) is 4.34. The summed E-state index contributed by atoms with van der Waals surface area (Å²) in [7, 11) is 0. The van der Waals surface area contributed by atoms with Crippen LogP contribution in [0.15, 0.2) is 24.3 Å². The van der Waals surface area contributed by atoms with Gasteiger partial charge in [0.1, 0.15) is 11.9 Å². The first-order chi connectivity index (χ1) is 8.53. The van der Waals surface area contributed by atoms with Crippen molar-refractivity contribution in [2.45, 2.75) is 46.1 Å². The average Bonchev–Trinajstić information content (AvgIpc) is 2.31. The minimum atomic E-state index is 0.345. The highest BCUT2D eigenvalue weighted by molar-refractivity contribution is 5.28. The van der Waals surface area contributed by atoms with Gasteiger partial charge in [-0.05, 0) is 55.5 Å². The van der Waals surface area contributed by atoms with E-state index in [1.807, 2.05) is 0 Å². The second-order valence-electron chi connectivity index (χ2n) is 6.45. The lowest BCUT2D eigenvalue weighted by atomic mass is 9.88. The zero-order chi connectivity index (χ0) is 13.0. The lowest BCUT2D eigenvalue weighted by Gasteiger charge is -2.24. The van der Waals surface area contributed by atoms with E-state index in [0.29, 0.717) is 11.5 Å². The van der Waals surface area contributed by atoms with Gasteiger partial charge in [-0.25, -0.2) is 0 Å². The summed E-state index contributed by atoms with van der Waals surface area (Å²) >= 11 is 0. The Hall–Kier alpha value is -1.02. The second kappa shape index (κ2) is 5.75. The number of ether oxygens (including phenoxy) is 1. The molecule has 0 radical (unpaired) electrons. The number of hydrogen-bond donors (Lipinski definition) is 1. The number of rotatable bonds is 3. The van der Waals surface area contributed by atoms with Gasteiger partial charge in [0.25, 0.3) is 0 Å². The van der Waals surface area contributed by atoms with Crippen LogP contribution in [0.4, 0.5) is 0 Å². The van der Waals surface area contributed by atoms with Gasteiger partial charge in [-0.1, -0.05) is 32.9 Å². The molecule has 1 aromatic carbocycles. The van der Waals surface area contributed by atoms with Crippen LogP contribution in [0.1, 0.15) is 39.2 Å². The smallest absolute Gasteiger partial charge is 0.119 e. The maximum atomic E-state index is 6.00. The first-order valence-corrected chi connectivity index (χ1v) is 6.99. The fourth-order valence-corrected chi connectivity index (χ4v) is 2.40. The van der Waals surface area contributed by atoms with Crippen LogP contribution in [0.3, 0.4) is 0 Å². The zero-order valence-corrected chi connectivity index (χ0v) is 11.8. The van der Waals surface area contributed by atoms with Crippen molar-refractivity contribution >= 4 is 0 Å². The van der Waals surface area contributed by atoms with Gasteiger partial charge in [0.15, 0.2) is 0 Å². The Bertz CT molecular complexity index is 358. The van der Waals surface area contributed by atoms with Crippen molar-refractivity contribution in [1.29, 1.82) is 0 Å². The van der Waals surface area contributed by atoms with Crippen molar-refractivity contribution in [1.82, 2.24) is 5.32 Å². The van der Waals surface area contributed by atoms with Crippen molar-refractivity contribution < 1.29 is 4.74 Å². The van der Waals surface area contributed by atoms with Crippen molar-refractivity contribution in [2.24, 2.45) is 5.41 Å². The summed E-state index contributed by atoms with van der Waals surface area (Å²) in [6.07, 6.45) is 3.73. The van der Waals surface area contributed by atoms with Crippen LogP contribution in [0, 0.1) is 5.41 Å². The molecule has 1 heterocycles. The van der Waals surface area contributed by atoms with Gasteiger partial charge in [-0.2, -0.15) is 0 Å². The molecule has 0 saturated carbocycles. The molecule has 1 N–H and O–H groups in total. The molecule has 0 spiro atoms. The predicted molar refractivity (Wildman–Crippen MR) is 76.1 cm³/mol. The summed E-state index contributed by atoms with van der Waals surface area (Å²) in [6, 6.07) is 8.62. The van der Waals surface area contributed by atoms with Gasteiger partial charge >= 0.3 is 0 Å². The molecule has 1 fully saturated rings. The summed E-state index contributed by atoms with van der Waals surface area (Å²) in [4.78, 5) is 0. The van der Waals surface area contributed by atoms with Crippen LogP contribution in [0.25, 0.3) is 0 Å². The molecular weight excluding hydrogens is 222 g/mol. The van der Waals surface area contributed by atoms with Crippen molar-refractivity contribution in [3.8, 4) is 5.75 Å². The van der Waals surface area contributed by atoms with Crippen LogP contribution in [0.2, 0.25) is 0 Å². The van der Waals surface area contributed by atoms with E-state index in [1.54, 1.807) is 0 Å². The molecule has 18 heavy (non-hydrogen) atoms. The number of piperidine rings is 1. The molecule has 1 aromatic rings. The average molecular weight is 247 g/mol.